The molecule has 0 bridgehead atoms. The zero-order chi connectivity index (χ0) is 16.3. The largest absolute Gasteiger partial charge is 0.317 e. The zero-order valence-electron chi connectivity index (χ0n) is 15.8. The molecule has 3 fully saturated rings. The van der Waals surface area contributed by atoms with Crippen molar-refractivity contribution in [2.45, 2.75) is 77.3 Å². The van der Waals surface area contributed by atoms with E-state index in [1.165, 1.54) is 84.2 Å². The highest BCUT2D eigenvalue weighted by molar-refractivity contribution is 4.85. The Balaban J connectivity index is 1.36. The van der Waals surface area contributed by atoms with Gasteiger partial charge in [0.05, 0.1) is 0 Å². The summed E-state index contributed by atoms with van der Waals surface area (Å²) in [6, 6.07) is 0.882. The van der Waals surface area contributed by atoms with Crippen LogP contribution < -0.4 is 5.32 Å². The summed E-state index contributed by atoms with van der Waals surface area (Å²) in [6.07, 6.45) is 10.0. The number of nitrogens with zero attached hydrogens (tertiary/aromatic N) is 2. The molecule has 0 unspecified atom stereocenters. The maximum atomic E-state index is 3.50. The molecule has 3 heteroatoms. The molecule has 23 heavy (non-hydrogen) atoms. The fraction of sp³-hybridized carbons (Fsp3) is 1.00. The fourth-order valence-electron chi connectivity index (χ4n) is 5.04. The first-order valence-corrected chi connectivity index (χ1v) is 10.2. The average Bonchev–Trinajstić information content (AvgIpc) is 2.56. The third kappa shape index (κ3) is 4.93. The van der Waals surface area contributed by atoms with Gasteiger partial charge in [-0.1, -0.05) is 0 Å². The molecule has 0 atom stereocenters. The van der Waals surface area contributed by atoms with Gasteiger partial charge in [-0.3, -0.25) is 4.90 Å². The molecule has 3 heterocycles. The van der Waals surface area contributed by atoms with Crippen LogP contribution in [-0.2, 0) is 0 Å². The second-order valence-electron chi connectivity index (χ2n) is 9.30. The normalized spacial score (nSPS) is 28.3. The van der Waals surface area contributed by atoms with Crippen LogP contribution >= 0.6 is 0 Å². The van der Waals surface area contributed by atoms with E-state index in [9.17, 15) is 0 Å². The summed E-state index contributed by atoms with van der Waals surface area (Å²) in [5.41, 5.74) is 0.366. The molecule has 0 saturated carbocycles. The van der Waals surface area contributed by atoms with Gasteiger partial charge in [0, 0.05) is 11.6 Å². The van der Waals surface area contributed by atoms with Crippen LogP contribution in [-0.4, -0.2) is 60.6 Å². The first kappa shape index (κ1) is 17.7. The molecule has 0 aromatic heterocycles. The Morgan fingerprint density at radius 3 is 1.83 bits per heavy atom. The topological polar surface area (TPSA) is 18.5 Å². The van der Waals surface area contributed by atoms with Gasteiger partial charge in [-0.15, -0.1) is 0 Å². The van der Waals surface area contributed by atoms with Crippen LogP contribution in [0.3, 0.4) is 0 Å². The maximum Gasteiger partial charge on any atom is 0.0125 e. The van der Waals surface area contributed by atoms with Crippen molar-refractivity contribution in [2.75, 3.05) is 39.3 Å². The van der Waals surface area contributed by atoms with E-state index in [1.54, 1.807) is 0 Å². The van der Waals surface area contributed by atoms with Crippen LogP contribution in [0.25, 0.3) is 0 Å². The summed E-state index contributed by atoms with van der Waals surface area (Å²) in [5.74, 6) is 2.02. The second-order valence-corrected chi connectivity index (χ2v) is 9.30. The van der Waals surface area contributed by atoms with Crippen molar-refractivity contribution in [3.8, 4) is 0 Å². The molecular weight excluding hydrogens is 282 g/mol. The molecule has 3 aliphatic rings. The third-order valence-electron chi connectivity index (χ3n) is 6.70. The Bertz CT molecular complexity index is 340. The molecular formula is C20H39N3. The second kappa shape index (κ2) is 7.84. The summed E-state index contributed by atoms with van der Waals surface area (Å²) in [7, 11) is 0. The fourth-order valence-corrected chi connectivity index (χ4v) is 5.04. The highest BCUT2D eigenvalue weighted by atomic mass is 15.2. The van der Waals surface area contributed by atoms with E-state index in [2.05, 4.69) is 35.9 Å². The SMILES string of the molecule is CC(C)(C)N1CCC(CC2CCN(C3CCNCC3)CC2)CC1. The van der Waals surface area contributed by atoms with E-state index in [1.807, 2.05) is 0 Å². The molecule has 3 rings (SSSR count). The average molecular weight is 322 g/mol. The van der Waals surface area contributed by atoms with Crippen molar-refractivity contribution < 1.29 is 0 Å². The standard InChI is InChI=1S/C20H39N3/c1-20(2,3)23-14-8-18(9-15-23)16-17-6-12-22(13-7-17)19-4-10-21-11-5-19/h17-19,21H,4-16H2,1-3H3. The van der Waals surface area contributed by atoms with E-state index in [0.29, 0.717) is 5.54 Å². The lowest BCUT2D eigenvalue weighted by molar-refractivity contribution is 0.0669. The number of piperidine rings is 3. The molecule has 0 spiro atoms. The van der Waals surface area contributed by atoms with Crippen molar-refractivity contribution in [3.63, 3.8) is 0 Å². The molecule has 0 aromatic rings. The number of hydrogen-bond donors (Lipinski definition) is 1. The Morgan fingerprint density at radius 2 is 1.30 bits per heavy atom. The number of rotatable bonds is 3. The van der Waals surface area contributed by atoms with Gasteiger partial charge in [-0.05, 0) is 117 Å². The van der Waals surface area contributed by atoms with E-state index in [0.717, 1.165) is 17.9 Å². The lowest BCUT2D eigenvalue weighted by Gasteiger charge is -2.43. The molecule has 1 N–H and O–H groups in total. The van der Waals surface area contributed by atoms with Crippen LogP contribution in [0, 0.1) is 11.8 Å². The molecule has 0 radical (unpaired) electrons. The van der Waals surface area contributed by atoms with Crippen LogP contribution in [0.5, 0.6) is 0 Å². The van der Waals surface area contributed by atoms with Crippen LogP contribution in [0.2, 0.25) is 0 Å². The first-order chi connectivity index (χ1) is 11.0. The summed E-state index contributed by atoms with van der Waals surface area (Å²) < 4.78 is 0. The van der Waals surface area contributed by atoms with Gasteiger partial charge < -0.3 is 10.2 Å². The van der Waals surface area contributed by atoms with Gasteiger partial charge >= 0.3 is 0 Å². The van der Waals surface area contributed by atoms with Gasteiger partial charge in [-0.25, -0.2) is 0 Å². The van der Waals surface area contributed by atoms with Crippen LogP contribution in [0.1, 0.15) is 65.7 Å². The number of likely N-dealkylation sites (tertiary alicyclic amines) is 2. The number of hydrogen-bond acceptors (Lipinski definition) is 3. The van der Waals surface area contributed by atoms with E-state index < -0.39 is 0 Å². The maximum absolute atomic E-state index is 3.50. The monoisotopic (exact) mass is 321 g/mol. The highest BCUT2D eigenvalue weighted by Gasteiger charge is 2.30. The number of nitrogens with one attached hydrogen (secondary N) is 1. The third-order valence-corrected chi connectivity index (χ3v) is 6.70. The molecule has 3 nitrogen and oxygen atoms in total. The van der Waals surface area contributed by atoms with Gasteiger partial charge in [-0.2, -0.15) is 0 Å². The molecule has 134 valence electrons. The molecule has 0 aromatic carbocycles. The Hall–Kier alpha value is -0.120. The molecule has 3 saturated heterocycles. The first-order valence-electron chi connectivity index (χ1n) is 10.2. The van der Waals surface area contributed by atoms with E-state index in [4.69, 9.17) is 0 Å². The summed E-state index contributed by atoms with van der Waals surface area (Å²) >= 11 is 0. The quantitative estimate of drug-likeness (QED) is 0.860. The van der Waals surface area contributed by atoms with Crippen molar-refractivity contribution >= 4 is 0 Å². The van der Waals surface area contributed by atoms with Crippen molar-refractivity contribution in [3.05, 3.63) is 0 Å². The van der Waals surface area contributed by atoms with Crippen molar-refractivity contribution in [1.82, 2.24) is 15.1 Å². The predicted molar refractivity (Wildman–Crippen MR) is 98.9 cm³/mol. The Kier molecular flexibility index (Phi) is 6.03. The van der Waals surface area contributed by atoms with Gasteiger partial charge in [0.15, 0.2) is 0 Å². The van der Waals surface area contributed by atoms with Crippen LogP contribution in [0.15, 0.2) is 0 Å². The smallest absolute Gasteiger partial charge is 0.0125 e. The molecule has 0 amide bonds. The lowest BCUT2D eigenvalue weighted by Crippen LogP contribution is -2.47. The van der Waals surface area contributed by atoms with Gasteiger partial charge in [0.25, 0.3) is 0 Å². The van der Waals surface area contributed by atoms with Gasteiger partial charge in [0.2, 0.25) is 0 Å². The minimum Gasteiger partial charge on any atom is -0.317 e. The van der Waals surface area contributed by atoms with E-state index >= 15 is 0 Å². The van der Waals surface area contributed by atoms with Crippen molar-refractivity contribution in [1.29, 1.82) is 0 Å². The van der Waals surface area contributed by atoms with Crippen LogP contribution in [0.4, 0.5) is 0 Å². The zero-order valence-corrected chi connectivity index (χ0v) is 15.8. The Labute approximate surface area is 144 Å². The minimum atomic E-state index is 0.366. The predicted octanol–water partition coefficient (Wildman–Crippen LogP) is 3.35. The summed E-state index contributed by atoms with van der Waals surface area (Å²) in [4.78, 5) is 5.49. The minimum absolute atomic E-state index is 0.366. The summed E-state index contributed by atoms with van der Waals surface area (Å²) in [5, 5.41) is 3.50. The molecule has 0 aliphatic carbocycles. The summed E-state index contributed by atoms with van der Waals surface area (Å²) in [6.45, 7) is 14.9. The lowest BCUT2D eigenvalue weighted by atomic mass is 9.81. The van der Waals surface area contributed by atoms with Crippen molar-refractivity contribution in [2.24, 2.45) is 11.8 Å². The van der Waals surface area contributed by atoms with Gasteiger partial charge in [0.1, 0.15) is 0 Å². The molecule has 3 aliphatic heterocycles. The Morgan fingerprint density at radius 1 is 0.783 bits per heavy atom. The van der Waals surface area contributed by atoms with E-state index in [-0.39, 0.29) is 0 Å². The highest BCUT2D eigenvalue weighted by Crippen LogP contribution is 2.32.